The van der Waals surface area contributed by atoms with E-state index in [9.17, 15) is 4.79 Å². The molecule has 168 valence electrons. The van der Waals surface area contributed by atoms with E-state index in [1.165, 1.54) is 64.2 Å². The van der Waals surface area contributed by atoms with Crippen molar-refractivity contribution < 1.29 is 9.53 Å². The molecule has 0 aromatic rings. The topological polar surface area (TPSA) is 36.1 Å². The molecule has 2 heterocycles. The molecule has 0 aromatic heterocycles. The van der Waals surface area contributed by atoms with Gasteiger partial charge in [-0.3, -0.25) is 4.79 Å². The van der Waals surface area contributed by atoms with Crippen molar-refractivity contribution >= 4 is 5.91 Å². The first kappa shape index (κ1) is 23.1. The Bertz CT molecular complexity index is 531. The number of hydrogen-bond acceptors (Lipinski definition) is 3. The molecule has 2 aliphatic heterocycles. The van der Waals surface area contributed by atoms with Gasteiger partial charge in [-0.25, -0.2) is 0 Å². The number of ether oxygens (including phenoxy) is 1. The quantitative estimate of drug-likeness (QED) is 0.367. The minimum Gasteiger partial charge on any atom is -0.352 e. The molecule has 1 amide bonds. The minimum atomic E-state index is -0.520. The number of carbonyl (C=O) groups is 1. The second-order valence-electron chi connectivity index (χ2n) is 10.1. The lowest BCUT2D eigenvalue weighted by Gasteiger charge is -2.39. The summed E-state index contributed by atoms with van der Waals surface area (Å²) >= 11 is 0. The molecule has 1 saturated carbocycles. The Balaban J connectivity index is 1.70. The third-order valence-electron chi connectivity index (χ3n) is 8.21. The van der Waals surface area contributed by atoms with Gasteiger partial charge in [0.05, 0.1) is 0 Å². The van der Waals surface area contributed by atoms with Crippen LogP contribution in [0.3, 0.4) is 0 Å². The predicted molar refractivity (Wildman–Crippen MR) is 120 cm³/mol. The molecule has 4 atom stereocenters. The second kappa shape index (κ2) is 10.1. The number of carbonyl (C=O) groups excluding carboxylic acids is 1. The van der Waals surface area contributed by atoms with E-state index >= 15 is 0 Å². The minimum absolute atomic E-state index is 0.156. The first-order chi connectivity index (χ1) is 14.0. The molecule has 29 heavy (non-hydrogen) atoms. The zero-order chi connectivity index (χ0) is 20.9. The van der Waals surface area contributed by atoms with Crippen molar-refractivity contribution in [2.24, 2.45) is 11.8 Å². The average molecular weight is 407 g/mol. The highest BCUT2D eigenvalue weighted by Crippen LogP contribution is 2.63. The molecular weight excluding hydrogens is 360 g/mol. The maximum atomic E-state index is 13.6. The molecule has 3 rings (SSSR count). The van der Waals surface area contributed by atoms with E-state index in [2.05, 4.69) is 37.6 Å². The van der Waals surface area contributed by atoms with Crippen molar-refractivity contribution in [2.75, 3.05) is 33.2 Å². The van der Waals surface area contributed by atoms with Crippen LogP contribution in [0, 0.1) is 11.8 Å². The first-order valence-electron chi connectivity index (χ1n) is 12.7. The van der Waals surface area contributed by atoms with Crippen LogP contribution >= 0.6 is 0 Å². The van der Waals surface area contributed by atoms with E-state index < -0.39 is 5.60 Å². The first-order valence-corrected chi connectivity index (χ1v) is 12.7. The van der Waals surface area contributed by atoms with E-state index in [1.807, 2.05) is 0 Å². The van der Waals surface area contributed by atoms with Gasteiger partial charge in [-0.2, -0.15) is 0 Å². The van der Waals surface area contributed by atoms with Crippen molar-refractivity contribution in [1.82, 2.24) is 9.80 Å². The summed E-state index contributed by atoms with van der Waals surface area (Å²) in [7, 11) is 2.15. The summed E-state index contributed by atoms with van der Waals surface area (Å²) in [6.45, 7) is 10.4. The lowest BCUT2D eigenvalue weighted by molar-refractivity contribution is -0.138. The standard InChI is InChI=1S/C25H46N2O2/c1-5-8-10-12-21-14-15-25(22(20-21)13-11-9-6-2)24(7-3,29-25)23(28)27-18-16-26(4)17-19-27/h21-22H,5-20H2,1-4H3. The normalized spacial score (nSPS) is 35.2. The van der Waals surface area contributed by atoms with Crippen LogP contribution in [-0.2, 0) is 9.53 Å². The van der Waals surface area contributed by atoms with Crippen LogP contribution in [0.2, 0.25) is 0 Å². The van der Waals surface area contributed by atoms with Gasteiger partial charge in [-0.05, 0) is 51.0 Å². The molecule has 3 fully saturated rings. The number of rotatable bonds is 10. The van der Waals surface area contributed by atoms with Crippen LogP contribution in [0.15, 0.2) is 0 Å². The Kier molecular flexibility index (Phi) is 8.06. The smallest absolute Gasteiger partial charge is 0.257 e. The summed E-state index contributed by atoms with van der Waals surface area (Å²) < 4.78 is 6.64. The lowest BCUT2D eigenvalue weighted by atomic mass is 9.65. The molecule has 0 N–H and O–H groups in total. The summed E-state index contributed by atoms with van der Waals surface area (Å²) in [6.07, 6.45) is 15.0. The van der Waals surface area contributed by atoms with E-state index in [4.69, 9.17) is 4.74 Å². The highest BCUT2D eigenvalue weighted by atomic mass is 16.6. The van der Waals surface area contributed by atoms with Crippen LogP contribution < -0.4 is 0 Å². The Hall–Kier alpha value is -0.610. The van der Waals surface area contributed by atoms with Crippen molar-refractivity contribution in [3.05, 3.63) is 0 Å². The van der Waals surface area contributed by atoms with Crippen molar-refractivity contribution in [3.8, 4) is 0 Å². The number of unbranched alkanes of at least 4 members (excludes halogenated alkanes) is 4. The number of nitrogens with zero attached hydrogens (tertiary/aromatic N) is 2. The van der Waals surface area contributed by atoms with Gasteiger partial charge in [-0.15, -0.1) is 0 Å². The molecule has 0 aromatic carbocycles. The summed E-state index contributed by atoms with van der Waals surface area (Å²) in [5, 5.41) is 0. The van der Waals surface area contributed by atoms with Gasteiger partial charge >= 0.3 is 0 Å². The third-order valence-corrected chi connectivity index (χ3v) is 8.21. The third kappa shape index (κ3) is 4.69. The van der Waals surface area contributed by atoms with Crippen LogP contribution in [0.4, 0.5) is 0 Å². The number of hydrogen-bond donors (Lipinski definition) is 0. The number of likely N-dealkylation sites (N-methyl/N-ethyl adjacent to an activating group) is 1. The van der Waals surface area contributed by atoms with Crippen LogP contribution in [0.5, 0.6) is 0 Å². The van der Waals surface area contributed by atoms with Gasteiger partial charge in [0.15, 0.2) is 5.60 Å². The molecule has 1 spiro atoms. The van der Waals surface area contributed by atoms with Crippen molar-refractivity contribution in [1.29, 1.82) is 0 Å². The summed E-state index contributed by atoms with van der Waals surface area (Å²) in [5.74, 6) is 1.72. The van der Waals surface area contributed by atoms with E-state index in [0.29, 0.717) is 11.8 Å². The zero-order valence-electron chi connectivity index (χ0n) is 19.7. The lowest BCUT2D eigenvalue weighted by Crippen LogP contribution is -2.54. The summed E-state index contributed by atoms with van der Waals surface area (Å²) in [5.41, 5.74) is -0.675. The molecule has 0 bridgehead atoms. The number of amides is 1. The Morgan fingerprint density at radius 2 is 1.62 bits per heavy atom. The largest absolute Gasteiger partial charge is 0.352 e. The molecule has 2 saturated heterocycles. The molecule has 3 aliphatic rings. The number of epoxide rings is 1. The van der Waals surface area contributed by atoms with Crippen molar-refractivity contribution in [3.63, 3.8) is 0 Å². The Labute approximate surface area is 179 Å². The maximum absolute atomic E-state index is 13.6. The monoisotopic (exact) mass is 406 g/mol. The van der Waals surface area contributed by atoms with Gasteiger partial charge in [0.1, 0.15) is 5.60 Å². The van der Waals surface area contributed by atoms with Gasteiger partial charge in [0.2, 0.25) is 0 Å². The fourth-order valence-corrected chi connectivity index (χ4v) is 6.23. The Morgan fingerprint density at radius 1 is 0.966 bits per heavy atom. The molecule has 4 nitrogen and oxygen atoms in total. The van der Waals surface area contributed by atoms with Crippen LogP contribution in [0.1, 0.15) is 97.8 Å². The van der Waals surface area contributed by atoms with E-state index in [1.54, 1.807) is 0 Å². The van der Waals surface area contributed by atoms with Crippen molar-refractivity contribution in [2.45, 2.75) is 109 Å². The highest BCUT2D eigenvalue weighted by Gasteiger charge is 2.76. The van der Waals surface area contributed by atoms with Gasteiger partial charge in [0, 0.05) is 26.2 Å². The SMILES string of the molecule is CCCCCC1CCC2(OC2(CC)C(=O)N2CCN(C)CC2)C(CCCCC)C1. The predicted octanol–water partition coefficient (Wildman–Crippen LogP) is 5.26. The average Bonchev–Trinajstić information content (AvgIpc) is 3.40. The van der Waals surface area contributed by atoms with Crippen LogP contribution in [-0.4, -0.2) is 60.1 Å². The van der Waals surface area contributed by atoms with E-state index in [-0.39, 0.29) is 5.60 Å². The fraction of sp³-hybridized carbons (Fsp3) is 0.960. The second-order valence-corrected chi connectivity index (χ2v) is 10.1. The zero-order valence-corrected chi connectivity index (χ0v) is 19.7. The molecule has 4 heteroatoms. The van der Waals surface area contributed by atoms with E-state index in [0.717, 1.165) is 44.9 Å². The van der Waals surface area contributed by atoms with Crippen LogP contribution in [0.25, 0.3) is 0 Å². The van der Waals surface area contributed by atoms with Gasteiger partial charge < -0.3 is 14.5 Å². The molecular formula is C25H46N2O2. The van der Waals surface area contributed by atoms with Gasteiger partial charge in [0.25, 0.3) is 5.91 Å². The molecule has 0 radical (unpaired) electrons. The fourth-order valence-electron chi connectivity index (χ4n) is 6.23. The Morgan fingerprint density at radius 3 is 2.24 bits per heavy atom. The number of piperazine rings is 1. The summed E-state index contributed by atoms with van der Waals surface area (Å²) in [6, 6.07) is 0. The molecule has 4 unspecified atom stereocenters. The molecule has 1 aliphatic carbocycles. The highest BCUT2D eigenvalue weighted by molar-refractivity contribution is 5.90. The summed E-state index contributed by atoms with van der Waals surface area (Å²) in [4.78, 5) is 18.1. The maximum Gasteiger partial charge on any atom is 0.257 e. The van der Waals surface area contributed by atoms with Gasteiger partial charge in [-0.1, -0.05) is 65.7 Å².